The van der Waals surface area contributed by atoms with E-state index in [1.54, 1.807) is 18.2 Å². The number of nitrogen functional groups attached to an aromatic ring is 1. The van der Waals surface area contributed by atoms with Crippen LogP contribution in [0.4, 0.5) is 5.69 Å². The number of rotatable bonds is 0. The van der Waals surface area contributed by atoms with E-state index in [0.717, 1.165) is 0 Å². The standard InChI is InChI=1S/C8H9N3O2/c9-4-2-1-3-5-6(4)7(10)8(12)11-13-5/h1-3,7H,9-10H2,(H,11,12). The van der Waals surface area contributed by atoms with Crippen molar-refractivity contribution in [2.24, 2.45) is 5.73 Å². The molecule has 5 nitrogen and oxygen atoms in total. The van der Waals surface area contributed by atoms with Crippen LogP contribution >= 0.6 is 0 Å². The molecule has 0 saturated heterocycles. The van der Waals surface area contributed by atoms with Gasteiger partial charge in [-0.1, -0.05) is 6.07 Å². The van der Waals surface area contributed by atoms with E-state index in [1.807, 2.05) is 0 Å². The first kappa shape index (κ1) is 7.88. The van der Waals surface area contributed by atoms with Gasteiger partial charge >= 0.3 is 0 Å². The fraction of sp³-hybridized carbons (Fsp3) is 0.125. The molecule has 0 bridgehead atoms. The molecule has 1 aliphatic heterocycles. The Hall–Kier alpha value is -1.75. The summed E-state index contributed by atoms with van der Waals surface area (Å²) < 4.78 is 0. The summed E-state index contributed by atoms with van der Waals surface area (Å²) in [5.41, 5.74) is 14.5. The Morgan fingerprint density at radius 3 is 3.00 bits per heavy atom. The van der Waals surface area contributed by atoms with Gasteiger partial charge in [-0.2, -0.15) is 5.48 Å². The van der Waals surface area contributed by atoms with Crippen LogP contribution in [-0.4, -0.2) is 5.91 Å². The minimum Gasteiger partial charge on any atom is -0.398 e. The zero-order chi connectivity index (χ0) is 9.42. The largest absolute Gasteiger partial charge is 0.398 e. The van der Waals surface area contributed by atoms with Gasteiger partial charge in [0.25, 0.3) is 5.91 Å². The molecule has 1 heterocycles. The third-order valence-electron chi connectivity index (χ3n) is 1.95. The zero-order valence-electron chi connectivity index (χ0n) is 6.78. The lowest BCUT2D eigenvalue weighted by atomic mass is 10.0. The van der Waals surface area contributed by atoms with Crippen molar-refractivity contribution in [2.75, 3.05) is 5.73 Å². The van der Waals surface area contributed by atoms with Gasteiger partial charge in [-0.25, -0.2) is 0 Å². The van der Waals surface area contributed by atoms with E-state index >= 15 is 0 Å². The Morgan fingerprint density at radius 1 is 1.46 bits per heavy atom. The minimum absolute atomic E-state index is 0.384. The minimum atomic E-state index is -0.745. The Balaban J connectivity index is 2.57. The third kappa shape index (κ3) is 1.09. The highest BCUT2D eigenvalue weighted by Gasteiger charge is 2.27. The molecule has 1 aromatic carbocycles. The molecular formula is C8H9N3O2. The SMILES string of the molecule is Nc1cccc2c1C(N)C(=O)NO2. The lowest BCUT2D eigenvalue weighted by Gasteiger charge is -2.22. The second-order valence-electron chi connectivity index (χ2n) is 2.81. The molecule has 0 aliphatic carbocycles. The van der Waals surface area contributed by atoms with Crippen molar-refractivity contribution < 1.29 is 9.63 Å². The van der Waals surface area contributed by atoms with E-state index < -0.39 is 6.04 Å². The van der Waals surface area contributed by atoms with Crippen molar-refractivity contribution in [3.05, 3.63) is 23.8 Å². The van der Waals surface area contributed by atoms with Crippen LogP contribution in [0.1, 0.15) is 11.6 Å². The van der Waals surface area contributed by atoms with E-state index in [1.165, 1.54) is 0 Å². The maximum absolute atomic E-state index is 11.1. The predicted molar refractivity (Wildman–Crippen MR) is 46.6 cm³/mol. The Labute approximate surface area is 74.6 Å². The first-order valence-electron chi connectivity index (χ1n) is 3.81. The van der Waals surface area contributed by atoms with Crippen LogP contribution in [0.3, 0.4) is 0 Å². The summed E-state index contributed by atoms with van der Waals surface area (Å²) >= 11 is 0. The quantitative estimate of drug-likeness (QED) is 0.476. The van der Waals surface area contributed by atoms with Crippen LogP contribution in [0.5, 0.6) is 5.75 Å². The zero-order valence-corrected chi connectivity index (χ0v) is 6.78. The van der Waals surface area contributed by atoms with Crippen molar-refractivity contribution in [1.82, 2.24) is 5.48 Å². The van der Waals surface area contributed by atoms with Crippen LogP contribution in [0, 0.1) is 0 Å². The molecule has 5 heteroatoms. The summed E-state index contributed by atoms with van der Waals surface area (Å²) in [7, 11) is 0. The molecule has 1 aromatic rings. The number of nitrogens with one attached hydrogen (secondary N) is 1. The number of hydrogen-bond donors (Lipinski definition) is 3. The van der Waals surface area contributed by atoms with Crippen molar-refractivity contribution >= 4 is 11.6 Å². The monoisotopic (exact) mass is 179 g/mol. The fourth-order valence-corrected chi connectivity index (χ4v) is 1.28. The maximum atomic E-state index is 11.1. The number of hydrogen-bond acceptors (Lipinski definition) is 4. The van der Waals surface area contributed by atoms with Gasteiger partial charge in [-0.15, -0.1) is 0 Å². The van der Waals surface area contributed by atoms with Gasteiger partial charge in [0.15, 0.2) is 5.75 Å². The average Bonchev–Trinajstić information content (AvgIpc) is 2.12. The number of fused-ring (bicyclic) bond motifs is 1. The summed E-state index contributed by atoms with van der Waals surface area (Å²) in [4.78, 5) is 16.0. The topological polar surface area (TPSA) is 90.4 Å². The third-order valence-corrected chi connectivity index (χ3v) is 1.95. The number of benzene rings is 1. The lowest BCUT2D eigenvalue weighted by Crippen LogP contribution is -2.41. The van der Waals surface area contributed by atoms with E-state index in [0.29, 0.717) is 17.0 Å². The number of carbonyl (C=O) groups is 1. The highest BCUT2D eigenvalue weighted by atomic mass is 16.7. The summed E-state index contributed by atoms with van der Waals surface area (Å²) in [5.74, 6) is 0.123. The number of anilines is 1. The molecule has 0 spiro atoms. The van der Waals surface area contributed by atoms with E-state index in [2.05, 4.69) is 5.48 Å². The normalized spacial score (nSPS) is 20.1. The molecule has 5 N–H and O–H groups in total. The van der Waals surface area contributed by atoms with E-state index in [-0.39, 0.29) is 5.91 Å². The second-order valence-corrected chi connectivity index (χ2v) is 2.81. The van der Waals surface area contributed by atoms with Crippen molar-refractivity contribution in [1.29, 1.82) is 0 Å². The van der Waals surface area contributed by atoms with Crippen LogP contribution in [-0.2, 0) is 4.79 Å². The highest BCUT2D eigenvalue weighted by Crippen LogP contribution is 2.31. The van der Waals surface area contributed by atoms with Crippen LogP contribution in [0.25, 0.3) is 0 Å². The molecule has 0 fully saturated rings. The average molecular weight is 179 g/mol. The van der Waals surface area contributed by atoms with Gasteiger partial charge in [-0.3, -0.25) is 4.79 Å². The van der Waals surface area contributed by atoms with E-state index in [4.69, 9.17) is 16.3 Å². The predicted octanol–water partition coefficient (Wildman–Crippen LogP) is -0.308. The van der Waals surface area contributed by atoms with Gasteiger partial charge in [0.1, 0.15) is 6.04 Å². The molecule has 1 aliphatic rings. The molecule has 1 unspecified atom stereocenters. The number of nitrogens with two attached hydrogens (primary N) is 2. The van der Waals surface area contributed by atoms with Gasteiger partial charge in [0.05, 0.1) is 0 Å². The van der Waals surface area contributed by atoms with Crippen LogP contribution < -0.4 is 21.8 Å². The molecule has 0 saturated carbocycles. The molecule has 13 heavy (non-hydrogen) atoms. The highest BCUT2D eigenvalue weighted by molar-refractivity contribution is 5.86. The number of carbonyl (C=O) groups excluding carboxylic acids is 1. The van der Waals surface area contributed by atoms with Gasteiger partial charge in [0, 0.05) is 11.3 Å². The molecule has 0 aromatic heterocycles. The van der Waals surface area contributed by atoms with Crippen LogP contribution in [0.15, 0.2) is 18.2 Å². The Bertz CT molecular complexity index is 364. The van der Waals surface area contributed by atoms with Gasteiger partial charge < -0.3 is 16.3 Å². The summed E-state index contributed by atoms with van der Waals surface area (Å²) in [6.07, 6.45) is 0. The Morgan fingerprint density at radius 2 is 2.23 bits per heavy atom. The smallest absolute Gasteiger partial charge is 0.274 e. The van der Waals surface area contributed by atoms with E-state index in [9.17, 15) is 4.79 Å². The second kappa shape index (κ2) is 2.63. The molecule has 68 valence electrons. The summed E-state index contributed by atoms with van der Waals surface area (Å²) in [6, 6.07) is 4.37. The first-order chi connectivity index (χ1) is 6.20. The first-order valence-corrected chi connectivity index (χ1v) is 3.81. The van der Waals surface area contributed by atoms with Crippen molar-refractivity contribution in [3.63, 3.8) is 0 Å². The fourth-order valence-electron chi connectivity index (χ4n) is 1.28. The molecule has 2 rings (SSSR count). The van der Waals surface area contributed by atoms with Crippen molar-refractivity contribution in [3.8, 4) is 5.75 Å². The number of hydroxylamine groups is 1. The van der Waals surface area contributed by atoms with Crippen LogP contribution in [0.2, 0.25) is 0 Å². The molecule has 0 radical (unpaired) electrons. The number of amides is 1. The summed E-state index contributed by atoms with van der Waals surface area (Å²) in [6.45, 7) is 0. The van der Waals surface area contributed by atoms with Gasteiger partial charge in [0.2, 0.25) is 0 Å². The van der Waals surface area contributed by atoms with Gasteiger partial charge in [-0.05, 0) is 12.1 Å². The molecule has 1 atom stereocenters. The Kier molecular flexibility index (Phi) is 1.60. The lowest BCUT2D eigenvalue weighted by molar-refractivity contribution is -0.130. The summed E-state index contributed by atoms with van der Waals surface area (Å²) in [5, 5.41) is 0. The van der Waals surface area contributed by atoms with Crippen molar-refractivity contribution in [2.45, 2.75) is 6.04 Å². The maximum Gasteiger partial charge on any atom is 0.274 e. The molecular weight excluding hydrogens is 170 g/mol. The molecule has 1 amide bonds.